The average molecular weight is 275 g/mol. The first kappa shape index (κ1) is 14.6. The molecule has 1 aromatic rings. The number of piperidine rings is 1. The number of rotatable bonds is 4. The van der Waals surface area contributed by atoms with E-state index in [2.05, 4.69) is 4.90 Å². The lowest BCUT2D eigenvalue weighted by atomic mass is 10.1. The van der Waals surface area contributed by atoms with E-state index in [1.165, 1.54) is 6.08 Å². The summed E-state index contributed by atoms with van der Waals surface area (Å²) in [4.78, 5) is 14.0. The molecule has 1 heterocycles. The van der Waals surface area contributed by atoms with Crippen molar-refractivity contribution >= 4 is 12.0 Å². The molecule has 2 rings (SSSR count). The van der Waals surface area contributed by atoms with E-state index in [9.17, 15) is 4.79 Å². The van der Waals surface area contributed by atoms with Gasteiger partial charge in [-0.25, -0.2) is 4.79 Å². The van der Waals surface area contributed by atoms with Crippen molar-refractivity contribution in [3.8, 4) is 5.75 Å². The van der Waals surface area contributed by atoms with Crippen molar-refractivity contribution in [1.29, 1.82) is 0 Å². The summed E-state index contributed by atoms with van der Waals surface area (Å²) in [6, 6.07) is 7.52. The number of esters is 1. The van der Waals surface area contributed by atoms with E-state index >= 15 is 0 Å². The van der Waals surface area contributed by atoms with Crippen LogP contribution in [-0.2, 0) is 9.53 Å². The summed E-state index contributed by atoms with van der Waals surface area (Å²) in [7, 11) is 3.68. The summed E-state index contributed by atoms with van der Waals surface area (Å²) in [5.41, 5.74) is 0.948. The molecule has 20 heavy (non-hydrogen) atoms. The molecule has 0 bridgehead atoms. The average Bonchev–Trinajstić information content (AvgIpc) is 2.46. The molecule has 1 atom stereocenters. The fourth-order valence-electron chi connectivity index (χ4n) is 2.30. The monoisotopic (exact) mass is 275 g/mol. The Morgan fingerprint density at radius 2 is 2.10 bits per heavy atom. The van der Waals surface area contributed by atoms with Crippen LogP contribution in [-0.4, -0.2) is 44.2 Å². The Labute approximate surface area is 120 Å². The summed E-state index contributed by atoms with van der Waals surface area (Å²) in [5, 5.41) is 0. The Balaban J connectivity index is 1.85. The summed E-state index contributed by atoms with van der Waals surface area (Å²) in [5.74, 6) is 0.524. The predicted molar refractivity (Wildman–Crippen MR) is 78.6 cm³/mol. The normalized spacial score (nSPS) is 20.0. The maximum absolute atomic E-state index is 11.8. The summed E-state index contributed by atoms with van der Waals surface area (Å²) in [6.07, 6.45) is 5.29. The molecular formula is C16H21NO3. The minimum absolute atomic E-state index is 0.0155. The zero-order chi connectivity index (χ0) is 14.4. The summed E-state index contributed by atoms with van der Waals surface area (Å²) < 4.78 is 10.5. The quantitative estimate of drug-likeness (QED) is 0.624. The van der Waals surface area contributed by atoms with Crippen LogP contribution in [0, 0.1) is 0 Å². The van der Waals surface area contributed by atoms with E-state index in [0.29, 0.717) is 0 Å². The molecule has 1 aromatic carbocycles. The number of carbonyl (C=O) groups excluding carboxylic acids is 1. The largest absolute Gasteiger partial charge is 0.497 e. The number of ether oxygens (including phenoxy) is 2. The van der Waals surface area contributed by atoms with Gasteiger partial charge in [0.15, 0.2) is 0 Å². The SMILES string of the molecule is COc1ccc(C=CC(=O)O[C@H]2CCCN(C)C2)cc1. The first-order valence-corrected chi connectivity index (χ1v) is 6.88. The second kappa shape index (κ2) is 7.10. The van der Waals surface area contributed by atoms with Crippen molar-refractivity contribution in [1.82, 2.24) is 4.90 Å². The molecule has 4 heteroatoms. The number of carbonyl (C=O) groups is 1. The molecule has 0 unspecified atom stereocenters. The molecule has 0 aromatic heterocycles. The van der Waals surface area contributed by atoms with Gasteiger partial charge in [0.25, 0.3) is 0 Å². The third kappa shape index (κ3) is 4.38. The number of nitrogens with zero attached hydrogens (tertiary/aromatic N) is 1. The van der Waals surface area contributed by atoms with Gasteiger partial charge in [0.2, 0.25) is 0 Å². The number of methoxy groups -OCH3 is 1. The fourth-order valence-corrected chi connectivity index (χ4v) is 2.30. The van der Waals surface area contributed by atoms with Crippen molar-refractivity contribution in [2.45, 2.75) is 18.9 Å². The lowest BCUT2D eigenvalue weighted by Gasteiger charge is -2.28. The van der Waals surface area contributed by atoms with Gasteiger partial charge in [-0.05, 0) is 50.2 Å². The van der Waals surface area contributed by atoms with Gasteiger partial charge >= 0.3 is 5.97 Å². The first-order chi connectivity index (χ1) is 9.67. The Morgan fingerprint density at radius 1 is 1.35 bits per heavy atom. The molecule has 0 N–H and O–H groups in total. The van der Waals surface area contributed by atoms with Crippen molar-refractivity contribution in [3.63, 3.8) is 0 Å². The van der Waals surface area contributed by atoms with Crippen molar-refractivity contribution in [2.75, 3.05) is 27.2 Å². The molecule has 1 aliphatic rings. The highest BCUT2D eigenvalue weighted by molar-refractivity contribution is 5.87. The van der Waals surface area contributed by atoms with Gasteiger partial charge < -0.3 is 14.4 Å². The third-order valence-corrected chi connectivity index (χ3v) is 3.39. The first-order valence-electron chi connectivity index (χ1n) is 6.88. The van der Waals surface area contributed by atoms with E-state index in [0.717, 1.165) is 37.2 Å². The van der Waals surface area contributed by atoms with Crippen LogP contribution in [0.4, 0.5) is 0 Å². The number of benzene rings is 1. The predicted octanol–water partition coefficient (Wildman–Crippen LogP) is 2.35. The van der Waals surface area contributed by atoms with Crippen LogP contribution in [0.1, 0.15) is 18.4 Å². The number of likely N-dealkylation sites (tertiary alicyclic amines) is 1. The minimum atomic E-state index is -0.277. The molecule has 1 saturated heterocycles. The second-order valence-corrected chi connectivity index (χ2v) is 5.07. The van der Waals surface area contributed by atoms with E-state index in [1.54, 1.807) is 13.2 Å². The molecule has 0 amide bonds. The lowest BCUT2D eigenvalue weighted by molar-refractivity contribution is -0.145. The van der Waals surface area contributed by atoms with Crippen molar-refractivity contribution < 1.29 is 14.3 Å². The van der Waals surface area contributed by atoms with Crippen molar-refractivity contribution in [3.05, 3.63) is 35.9 Å². The molecule has 4 nitrogen and oxygen atoms in total. The molecule has 1 fully saturated rings. The minimum Gasteiger partial charge on any atom is -0.497 e. The van der Waals surface area contributed by atoms with Crippen LogP contribution in [0.15, 0.2) is 30.3 Å². The second-order valence-electron chi connectivity index (χ2n) is 5.07. The molecule has 0 aliphatic carbocycles. The summed E-state index contributed by atoms with van der Waals surface area (Å²) in [6.45, 7) is 1.90. The Hall–Kier alpha value is -1.81. The van der Waals surface area contributed by atoms with Gasteiger partial charge in [-0.3, -0.25) is 0 Å². The van der Waals surface area contributed by atoms with Gasteiger partial charge in [-0.1, -0.05) is 12.1 Å². The van der Waals surface area contributed by atoms with E-state index in [1.807, 2.05) is 31.3 Å². The maximum Gasteiger partial charge on any atom is 0.331 e. The van der Waals surface area contributed by atoms with Crippen LogP contribution < -0.4 is 4.74 Å². The Bertz CT molecular complexity index is 467. The van der Waals surface area contributed by atoms with Gasteiger partial charge in [0.1, 0.15) is 11.9 Å². The standard InChI is InChI=1S/C16H21NO3/c1-17-11-3-4-15(12-17)20-16(18)10-7-13-5-8-14(19-2)9-6-13/h5-10,15H,3-4,11-12H2,1-2H3/t15-/m0/s1. The van der Waals surface area contributed by atoms with Crippen LogP contribution >= 0.6 is 0 Å². The maximum atomic E-state index is 11.8. The molecular weight excluding hydrogens is 254 g/mol. The van der Waals surface area contributed by atoms with Gasteiger partial charge in [0.05, 0.1) is 7.11 Å². The van der Waals surface area contributed by atoms with Crippen molar-refractivity contribution in [2.24, 2.45) is 0 Å². The Kier molecular flexibility index (Phi) is 5.18. The lowest BCUT2D eigenvalue weighted by Crippen LogP contribution is -2.37. The molecule has 1 aliphatic heterocycles. The molecule has 0 spiro atoms. The molecule has 108 valence electrons. The van der Waals surface area contributed by atoms with Crippen LogP contribution in [0.2, 0.25) is 0 Å². The number of likely N-dealkylation sites (N-methyl/N-ethyl adjacent to an activating group) is 1. The highest BCUT2D eigenvalue weighted by atomic mass is 16.5. The molecule has 0 saturated carbocycles. The highest BCUT2D eigenvalue weighted by Gasteiger charge is 2.19. The van der Waals surface area contributed by atoms with Crippen LogP contribution in [0.25, 0.3) is 6.08 Å². The number of hydrogen-bond acceptors (Lipinski definition) is 4. The van der Waals surface area contributed by atoms with E-state index < -0.39 is 0 Å². The fraction of sp³-hybridized carbons (Fsp3) is 0.438. The third-order valence-electron chi connectivity index (χ3n) is 3.39. The zero-order valence-corrected chi connectivity index (χ0v) is 12.0. The van der Waals surface area contributed by atoms with Gasteiger partial charge in [0, 0.05) is 12.6 Å². The Morgan fingerprint density at radius 3 is 2.75 bits per heavy atom. The number of hydrogen-bond donors (Lipinski definition) is 0. The summed E-state index contributed by atoms with van der Waals surface area (Å²) >= 11 is 0. The van der Waals surface area contributed by atoms with Crippen LogP contribution in [0.3, 0.4) is 0 Å². The van der Waals surface area contributed by atoms with E-state index in [-0.39, 0.29) is 12.1 Å². The zero-order valence-electron chi connectivity index (χ0n) is 12.0. The van der Waals surface area contributed by atoms with Crippen LogP contribution in [0.5, 0.6) is 5.75 Å². The smallest absolute Gasteiger partial charge is 0.331 e. The van der Waals surface area contributed by atoms with Gasteiger partial charge in [-0.2, -0.15) is 0 Å². The topological polar surface area (TPSA) is 38.8 Å². The van der Waals surface area contributed by atoms with E-state index in [4.69, 9.17) is 9.47 Å². The highest BCUT2D eigenvalue weighted by Crippen LogP contribution is 2.14. The molecule has 0 radical (unpaired) electrons. The van der Waals surface area contributed by atoms with Gasteiger partial charge in [-0.15, -0.1) is 0 Å².